The second-order valence-corrected chi connectivity index (χ2v) is 13.3. The highest BCUT2D eigenvalue weighted by Crippen LogP contribution is 2.46. The average molecular weight is 651 g/mol. The lowest BCUT2D eigenvalue weighted by molar-refractivity contribution is 0.669. The van der Waals surface area contributed by atoms with Gasteiger partial charge in [0.1, 0.15) is 11.2 Å². The molecule has 0 radical (unpaired) electrons. The Morgan fingerprint density at radius 1 is 0.353 bits per heavy atom. The third-order valence-corrected chi connectivity index (χ3v) is 10.5. The van der Waals surface area contributed by atoms with Gasteiger partial charge in [-0.3, -0.25) is 0 Å². The molecule has 3 heteroatoms. The van der Waals surface area contributed by atoms with Crippen LogP contribution in [0.15, 0.2) is 186 Å². The van der Waals surface area contributed by atoms with Gasteiger partial charge in [0.05, 0.1) is 22.2 Å². The van der Waals surface area contributed by atoms with Crippen LogP contribution in [0.1, 0.15) is 0 Å². The van der Waals surface area contributed by atoms with Crippen molar-refractivity contribution in [1.29, 1.82) is 0 Å². The summed E-state index contributed by atoms with van der Waals surface area (Å²) in [7, 11) is 0. The largest absolute Gasteiger partial charge is 0.456 e. The SMILES string of the molecule is c1ccc(-c2ccc(N(c3ccc4c(c3)oc3cc(-c5ccccc5)ccc34)c3cccc4c5cccc6c7ccccc7n(c34)c65)cc2)cc1. The van der Waals surface area contributed by atoms with Gasteiger partial charge in [-0.05, 0) is 70.8 Å². The quantitative estimate of drug-likeness (QED) is 0.185. The first kappa shape index (κ1) is 28.0. The number of fused-ring (bicyclic) bond motifs is 9. The number of anilines is 3. The number of hydrogen-bond donors (Lipinski definition) is 0. The van der Waals surface area contributed by atoms with Crippen LogP contribution >= 0.6 is 0 Å². The standard InChI is InChI=1S/C48H30N2O/c1-3-11-31(12-4-1)33-21-24-35(25-22-33)49(36-26-28-39-38-27-23-34(32-13-5-2-6-14-32)29-45(38)51-46(39)30-36)44-20-10-18-42-41-17-9-16-40-37-15-7-8-19-43(37)50(47(40)41)48(42)44/h1-30H. The van der Waals surface area contributed by atoms with E-state index < -0.39 is 0 Å². The van der Waals surface area contributed by atoms with E-state index in [-0.39, 0.29) is 0 Å². The van der Waals surface area contributed by atoms with Gasteiger partial charge < -0.3 is 13.7 Å². The Labute approximate surface area is 294 Å². The van der Waals surface area contributed by atoms with Crippen LogP contribution in [0.4, 0.5) is 17.1 Å². The molecule has 0 aliphatic heterocycles. The highest BCUT2D eigenvalue weighted by molar-refractivity contribution is 6.25. The van der Waals surface area contributed by atoms with Crippen LogP contribution in [0.3, 0.4) is 0 Å². The minimum atomic E-state index is 0.864. The second-order valence-electron chi connectivity index (χ2n) is 13.3. The molecule has 0 atom stereocenters. The number of aromatic nitrogens is 1. The number of benzene rings is 8. The van der Waals surface area contributed by atoms with Crippen molar-refractivity contribution in [2.75, 3.05) is 4.90 Å². The molecule has 0 spiro atoms. The van der Waals surface area contributed by atoms with Gasteiger partial charge in [-0.1, -0.05) is 127 Å². The Hall–Kier alpha value is -6.84. The minimum Gasteiger partial charge on any atom is -0.456 e. The Kier molecular flexibility index (Phi) is 5.96. The molecule has 51 heavy (non-hydrogen) atoms. The maximum Gasteiger partial charge on any atom is 0.137 e. The summed E-state index contributed by atoms with van der Waals surface area (Å²) in [4.78, 5) is 2.39. The fraction of sp³-hybridized carbons (Fsp3) is 0. The molecule has 8 aromatic carbocycles. The van der Waals surface area contributed by atoms with Gasteiger partial charge in [0, 0.05) is 49.8 Å². The molecule has 238 valence electrons. The number of nitrogens with zero attached hydrogens (tertiary/aromatic N) is 2. The molecular weight excluding hydrogens is 621 g/mol. The van der Waals surface area contributed by atoms with E-state index in [0.717, 1.165) is 44.6 Å². The summed E-state index contributed by atoms with van der Waals surface area (Å²) in [6, 6.07) is 65.3. The first-order valence-electron chi connectivity index (χ1n) is 17.4. The number of furan rings is 1. The molecule has 0 aliphatic rings. The molecule has 3 heterocycles. The van der Waals surface area contributed by atoms with Crippen molar-refractivity contribution in [3.05, 3.63) is 182 Å². The zero-order valence-corrected chi connectivity index (χ0v) is 27.6. The Morgan fingerprint density at radius 2 is 0.882 bits per heavy atom. The van der Waals surface area contributed by atoms with Crippen LogP contribution in [-0.4, -0.2) is 4.40 Å². The number of hydrogen-bond acceptors (Lipinski definition) is 2. The van der Waals surface area contributed by atoms with E-state index in [1.807, 2.05) is 6.07 Å². The van der Waals surface area contributed by atoms with E-state index in [0.29, 0.717) is 0 Å². The second kappa shape index (κ2) is 10.8. The van der Waals surface area contributed by atoms with Crippen molar-refractivity contribution in [1.82, 2.24) is 4.40 Å². The number of rotatable bonds is 5. The van der Waals surface area contributed by atoms with Gasteiger partial charge in [-0.2, -0.15) is 0 Å². The highest BCUT2D eigenvalue weighted by Gasteiger charge is 2.23. The van der Waals surface area contributed by atoms with Crippen molar-refractivity contribution < 1.29 is 4.42 Å². The first-order valence-corrected chi connectivity index (χ1v) is 17.4. The topological polar surface area (TPSA) is 20.8 Å². The molecule has 0 bridgehead atoms. The molecule has 0 unspecified atom stereocenters. The van der Waals surface area contributed by atoms with Crippen molar-refractivity contribution in [2.45, 2.75) is 0 Å². The molecule has 0 N–H and O–H groups in total. The van der Waals surface area contributed by atoms with Gasteiger partial charge in [0.2, 0.25) is 0 Å². The minimum absolute atomic E-state index is 0.864. The smallest absolute Gasteiger partial charge is 0.137 e. The lowest BCUT2D eigenvalue weighted by Crippen LogP contribution is -2.11. The van der Waals surface area contributed by atoms with Crippen LogP contribution in [0.25, 0.3) is 82.3 Å². The molecule has 3 aromatic heterocycles. The molecule has 11 rings (SSSR count). The zero-order valence-electron chi connectivity index (χ0n) is 27.6. The lowest BCUT2D eigenvalue weighted by atomic mass is 10.0. The molecule has 3 nitrogen and oxygen atoms in total. The predicted octanol–water partition coefficient (Wildman–Crippen LogP) is 13.5. The summed E-state index contributed by atoms with van der Waals surface area (Å²) in [6.07, 6.45) is 0. The third kappa shape index (κ3) is 4.19. The van der Waals surface area contributed by atoms with Crippen molar-refractivity contribution >= 4 is 77.1 Å². The van der Waals surface area contributed by atoms with Gasteiger partial charge in [0.15, 0.2) is 0 Å². The summed E-state index contributed by atoms with van der Waals surface area (Å²) in [5.74, 6) is 0. The van der Waals surface area contributed by atoms with Crippen molar-refractivity contribution in [2.24, 2.45) is 0 Å². The van der Waals surface area contributed by atoms with E-state index in [9.17, 15) is 0 Å². The molecule has 0 saturated heterocycles. The van der Waals surface area contributed by atoms with Gasteiger partial charge in [-0.15, -0.1) is 0 Å². The van der Waals surface area contributed by atoms with Crippen LogP contribution in [0.5, 0.6) is 0 Å². The summed E-state index contributed by atoms with van der Waals surface area (Å²) >= 11 is 0. The molecule has 0 aliphatic carbocycles. The third-order valence-electron chi connectivity index (χ3n) is 10.5. The fourth-order valence-corrected chi connectivity index (χ4v) is 8.21. The summed E-state index contributed by atoms with van der Waals surface area (Å²) in [5, 5.41) is 7.28. The first-order chi connectivity index (χ1) is 25.3. The van der Waals surface area contributed by atoms with E-state index in [1.54, 1.807) is 0 Å². The zero-order chi connectivity index (χ0) is 33.5. The van der Waals surface area contributed by atoms with Crippen LogP contribution in [-0.2, 0) is 0 Å². The Bertz CT molecular complexity index is 3060. The fourth-order valence-electron chi connectivity index (χ4n) is 8.21. The average Bonchev–Trinajstić information content (AvgIpc) is 3.86. The van der Waals surface area contributed by atoms with Gasteiger partial charge >= 0.3 is 0 Å². The lowest BCUT2D eigenvalue weighted by Gasteiger charge is -2.26. The van der Waals surface area contributed by atoms with Gasteiger partial charge in [-0.25, -0.2) is 0 Å². The molecule has 0 fully saturated rings. The molecule has 11 aromatic rings. The molecular formula is C48H30N2O. The highest BCUT2D eigenvalue weighted by atomic mass is 16.3. The van der Waals surface area contributed by atoms with Crippen LogP contribution < -0.4 is 4.90 Å². The summed E-state index contributed by atoms with van der Waals surface area (Å²) in [6.45, 7) is 0. The van der Waals surface area contributed by atoms with E-state index >= 15 is 0 Å². The number of para-hydroxylation sites is 3. The predicted molar refractivity (Wildman–Crippen MR) is 214 cm³/mol. The van der Waals surface area contributed by atoms with E-state index in [1.165, 1.54) is 54.8 Å². The maximum atomic E-state index is 6.66. The van der Waals surface area contributed by atoms with Gasteiger partial charge in [0.25, 0.3) is 0 Å². The van der Waals surface area contributed by atoms with Crippen LogP contribution in [0.2, 0.25) is 0 Å². The van der Waals surface area contributed by atoms with Crippen molar-refractivity contribution in [3.63, 3.8) is 0 Å². The van der Waals surface area contributed by atoms with E-state index in [2.05, 4.69) is 185 Å². The maximum absolute atomic E-state index is 6.66. The Morgan fingerprint density at radius 3 is 1.65 bits per heavy atom. The Balaban J connectivity index is 1.16. The summed E-state index contributed by atoms with van der Waals surface area (Å²) in [5.41, 5.74) is 13.4. The molecule has 0 amide bonds. The van der Waals surface area contributed by atoms with E-state index in [4.69, 9.17) is 4.42 Å². The molecule has 0 saturated carbocycles. The normalized spacial score (nSPS) is 11.9. The van der Waals surface area contributed by atoms with Crippen molar-refractivity contribution in [3.8, 4) is 22.3 Å². The monoisotopic (exact) mass is 650 g/mol. The van der Waals surface area contributed by atoms with Crippen LogP contribution in [0, 0.1) is 0 Å². The summed E-state index contributed by atoms with van der Waals surface area (Å²) < 4.78 is 9.13.